The van der Waals surface area contributed by atoms with Crippen molar-refractivity contribution in [2.75, 3.05) is 0 Å². The lowest BCUT2D eigenvalue weighted by Gasteiger charge is -2.03. The normalized spacial score (nSPS) is 11.4. The van der Waals surface area contributed by atoms with Gasteiger partial charge in [0.05, 0.1) is 5.39 Å². The maximum atomic E-state index is 12.6. The summed E-state index contributed by atoms with van der Waals surface area (Å²) in [5.41, 5.74) is 0.626. The van der Waals surface area contributed by atoms with Crippen LogP contribution in [0.3, 0.4) is 0 Å². The Kier molecular flexibility index (Phi) is 3.01. The summed E-state index contributed by atoms with van der Waals surface area (Å²) >= 11 is 1.52. The van der Waals surface area contributed by atoms with Gasteiger partial charge in [-0.25, -0.2) is 14.6 Å². The molecule has 5 rings (SSSR count). The minimum Gasteiger partial charge on any atom is -0.306 e. The summed E-state index contributed by atoms with van der Waals surface area (Å²) in [7, 11) is 0. The van der Waals surface area contributed by atoms with Gasteiger partial charge in [0.1, 0.15) is 10.7 Å². The van der Waals surface area contributed by atoms with Gasteiger partial charge in [0.2, 0.25) is 0 Å². The summed E-state index contributed by atoms with van der Waals surface area (Å²) in [6, 6.07) is 13.4. The van der Waals surface area contributed by atoms with Crippen molar-refractivity contribution in [2.45, 2.75) is 0 Å². The predicted octanol–water partition coefficient (Wildman–Crippen LogP) is 3.39. The van der Waals surface area contributed by atoms with Crippen molar-refractivity contribution >= 4 is 31.6 Å². The van der Waals surface area contributed by atoms with Crippen LogP contribution in [0.5, 0.6) is 0 Å². The molecule has 0 spiro atoms. The zero-order valence-electron chi connectivity index (χ0n) is 12.9. The average molecular weight is 345 g/mol. The molecule has 0 amide bonds. The Morgan fingerprint density at radius 3 is 2.80 bits per heavy atom. The first-order chi connectivity index (χ1) is 12.3. The van der Waals surface area contributed by atoms with Crippen molar-refractivity contribution in [3.8, 4) is 17.2 Å². The molecule has 4 aromatic heterocycles. The molecule has 7 heteroatoms. The number of aromatic amines is 1. The second kappa shape index (κ2) is 5.35. The second-order valence-corrected chi connectivity index (χ2v) is 6.58. The number of nitrogens with zero attached hydrogens (tertiary/aromatic N) is 4. The highest BCUT2D eigenvalue weighted by Gasteiger charge is 2.12. The number of benzene rings is 1. The topological polar surface area (TPSA) is 76.5 Å². The van der Waals surface area contributed by atoms with Crippen LogP contribution in [0.4, 0.5) is 0 Å². The number of H-pyrrole nitrogens is 1. The monoisotopic (exact) mass is 345 g/mol. The SMILES string of the molecule is O=c1[nH]c(-c2ccc(-n3cccn3)nc2)nc2sc3ccccc3c12. The summed E-state index contributed by atoms with van der Waals surface area (Å²) in [5, 5.41) is 5.73. The number of hydrogen-bond donors (Lipinski definition) is 1. The van der Waals surface area contributed by atoms with Crippen LogP contribution in [0.25, 0.3) is 37.5 Å². The minimum absolute atomic E-state index is 0.131. The van der Waals surface area contributed by atoms with Crippen molar-refractivity contribution in [3.63, 3.8) is 0 Å². The van der Waals surface area contributed by atoms with Crippen molar-refractivity contribution in [1.82, 2.24) is 24.7 Å². The molecule has 6 nitrogen and oxygen atoms in total. The number of nitrogens with one attached hydrogen (secondary N) is 1. The lowest BCUT2D eigenvalue weighted by atomic mass is 10.2. The van der Waals surface area contributed by atoms with E-state index in [0.717, 1.165) is 20.5 Å². The Balaban J connectivity index is 1.65. The third-order valence-corrected chi connectivity index (χ3v) is 5.07. The summed E-state index contributed by atoms with van der Waals surface area (Å²) in [4.78, 5) is 25.2. The van der Waals surface area contributed by atoms with Crippen molar-refractivity contribution in [3.05, 3.63) is 71.4 Å². The molecule has 4 heterocycles. The zero-order valence-corrected chi connectivity index (χ0v) is 13.7. The molecule has 120 valence electrons. The van der Waals surface area contributed by atoms with E-state index < -0.39 is 0 Å². The lowest BCUT2D eigenvalue weighted by molar-refractivity contribution is 0.847. The van der Waals surface area contributed by atoms with Crippen LogP contribution in [-0.2, 0) is 0 Å². The van der Waals surface area contributed by atoms with Crippen LogP contribution >= 0.6 is 11.3 Å². The van der Waals surface area contributed by atoms with E-state index >= 15 is 0 Å². The highest BCUT2D eigenvalue weighted by Crippen LogP contribution is 2.30. The maximum Gasteiger partial charge on any atom is 0.260 e. The highest BCUT2D eigenvalue weighted by atomic mass is 32.1. The van der Waals surface area contributed by atoms with Gasteiger partial charge in [-0.3, -0.25) is 4.79 Å². The van der Waals surface area contributed by atoms with Gasteiger partial charge in [-0.05, 0) is 24.3 Å². The number of hydrogen-bond acceptors (Lipinski definition) is 5. The molecule has 25 heavy (non-hydrogen) atoms. The Morgan fingerprint density at radius 2 is 2.00 bits per heavy atom. The molecule has 0 atom stereocenters. The molecule has 0 fully saturated rings. The van der Waals surface area contributed by atoms with Gasteiger partial charge in [0.25, 0.3) is 5.56 Å². The maximum absolute atomic E-state index is 12.6. The van der Waals surface area contributed by atoms with Crippen molar-refractivity contribution in [2.24, 2.45) is 0 Å². The summed E-state index contributed by atoms with van der Waals surface area (Å²) in [5.74, 6) is 1.22. The van der Waals surface area contributed by atoms with E-state index in [9.17, 15) is 4.79 Å². The fraction of sp³-hybridized carbons (Fsp3) is 0. The van der Waals surface area contributed by atoms with Gasteiger partial charge in [0, 0.05) is 34.2 Å². The average Bonchev–Trinajstić information content (AvgIpc) is 3.29. The van der Waals surface area contributed by atoms with Crippen LogP contribution in [0.1, 0.15) is 0 Å². The van der Waals surface area contributed by atoms with Gasteiger partial charge < -0.3 is 4.98 Å². The van der Waals surface area contributed by atoms with Gasteiger partial charge in [-0.15, -0.1) is 11.3 Å². The molecule has 0 unspecified atom stereocenters. The molecule has 0 saturated heterocycles. The van der Waals surface area contributed by atoms with E-state index in [1.165, 1.54) is 11.3 Å². The Bertz CT molecular complexity index is 1250. The zero-order chi connectivity index (χ0) is 16.8. The Hall–Kier alpha value is -3.32. The third-order valence-electron chi connectivity index (χ3n) is 4.01. The molecule has 0 aliphatic rings. The quantitative estimate of drug-likeness (QED) is 0.532. The van der Waals surface area contributed by atoms with E-state index in [4.69, 9.17) is 0 Å². The number of fused-ring (bicyclic) bond motifs is 3. The lowest BCUT2D eigenvalue weighted by Crippen LogP contribution is -2.08. The molecule has 0 bridgehead atoms. The fourth-order valence-electron chi connectivity index (χ4n) is 2.83. The summed E-state index contributed by atoms with van der Waals surface area (Å²) < 4.78 is 2.73. The largest absolute Gasteiger partial charge is 0.306 e. The number of pyridine rings is 1. The van der Waals surface area contributed by atoms with Crippen molar-refractivity contribution < 1.29 is 0 Å². The van der Waals surface area contributed by atoms with E-state index in [2.05, 4.69) is 20.1 Å². The van der Waals surface area contributed by atoms with E-state index in [0.29, 0.717) is 17.0 Å². The molecule has 0 aliphatic heterocycles. The Labute approximate surface area is 145 Å². The smallest absolute Gasteiger partial charge is 0.260 e. The molecule has 1 N–H and O–H groups in total. The molecule has 0 radical (unpaired) electrons. The fourth-order valence-corrected chi connectivity index (χ4v) is 3.91. The first-order valence-corrected chi connectivity index (χ1v) is 8.49. The van der Waals surface area contributed by atoms with E-state index in [1.807, 2.05) is 48.7 Å². The van der Waals surface area contributed by atoms with Gasteiger partial charge in [-0.2, -0.15) is 5.10 Å². The number of rotatable bonds is 2. The molecule has 0 saturated carbocycles. The summed E-state index contributed by atoms with van der Waals surface area (Å²) in [6.45, 7) is 0. The minimum atomic E-state index is -0.131. The molecule has 5 aromatic rings. The first kappa shape index (κ1) is 14.1. The van der Waals surface area contributed by atoms with Crippen LogP contribution < -0.4 is 5.56 Å². The van der Waals surface area contributed by atoms with Crippen LogP contribution in [0.15, 0.2) is 65.8 Å². The van der Waals surface area contributed by atoms with E-state index in [1.54, 1.807) is 17.1 Å². The Morgan fingerprint density at radius 1 is 1.08 bits per heavy atom. The van der Waals surface area contributed by atoms with E-state index in [-0.39, 0.29) is 5.56 Å². The van der Waals surface area contributed by atoms with Crippen molar-refractivity contribution in [1.29, 1.82) is 0 Å². The molecule has 0 aliphatic carbocycles. The van der Waals surface area contributed by atoms with Crippen LogP contribution in [0.2, 0.25) is 0 Å². The standard InChI is InChI=1S/C18H11N5OS/c24-17-15-12-4-1-2-5-13(12)25-18(15)22-16(21-17)11-6-7-14(19-10-11)23-9-3-8-20-23/h1-10H,(H,21,22,24). The number of aromatic nitrogens is 5. The highest BCUT2D eigenvalue weighted by molar-refractivity contribution is 7.25. The van der Waals surface area contributed by atoms with Gasteiger partial charge >= 0.3 is 0 Å². The number of thiophene rings is 1. The van der Waals surface area contributed by atoms with Gasteiger partial charge in [-0.1, -0.05) is 18.2 Å². The molecular weight excluding hydrogens is 334 g/mol. The molecule has 1 aromatic carbocycles. The first-order valence-electron chi connectivity index (χ1n) is 7.67. The van der Waals surface area contributed by atoms with Crippen LogP contribution in [0, 0.1) is 0 Å². The predicted molar refractivity (Wildman–Crippen MR) is 98.1 cm³/mol. The third kappa shape index (κ3) is 2.25. The second-order valence-electron chi connectivity index (χ2n) is 5.55. The van der Waals surface area contributed by atoms with Crippen LogP contribution in [-0.4, -0.2) is 24.7 Å². The molecular formula is C18H11N5OS. The summed E-state index contributed by atoms with van der Waals surface area (Å²) in [6.07, 6.45) is 5.21. The van der Waals surface area contributed by atoms with Gasteiger partial charge in [0.15, 0.2) is 5.82 Å².